The van der Waals surface area contributed by atoms with Crippen LogP contribution < -0.4 is 5.32 Å². The Balaban J connectivity index is 1.87. The van der Waals surface area contributed by atoms with Crippen LogP contribution in [0.2, 0.25) is 0 Å². The van der Waals surface area contributed by atoms with Crippen LogP contribution in [-0.2, 0) is 6.54 Å². The molecule has 0 saturated heterocycles. The molecule has 2 aromatic rings. The van der Waals surface area contributed by atoms with Gasteiger partial charge >= 0.3 is 0 Å². The van der Waals surface area contributed by atoms with Crippen molar-refractivity contribution in [3.63, 3.8) is 0 Å². The van der Waals surface area contributed by atoms with Crippen molar-refractivity contribution >= 4 is 21.8 Å². The normalized spacial score (nSPS) is 10.8. The van der Waals surface area contributed by atoms with Crippen LogP contribution in [0, 0.1) is 27.7 Å². The number of carbonyl (C=O) groups excluding carboxylic acids is 1. The van der Waals surface area contributed by atoms with Gasteiger partial charge in [-0.2, -0.15) is 5.10 Å². The van der Waals surface area contributed by atoms with E-state index in [0.717, 1.165) is 45.5 Å². The first-order chi connectivity index (χ1) is 10.4. The molecule has 1 aromatic heterocycles. The number of carbonyl (C=O) groups is 1. The number of amides is 1. The molecule has 22 heavy (non-hydrogen) atoms. The summed E-state index contributed by atoms with van der Waals surface area (Å²) in [6.07, 6.45) is 0.852. The van der Waals surface area contributed by atoms with Crippen molar-refractivity contribution < 1.29 is 4.79 Å². The highest BCUT2D eigenvalue weighted by Crippen LogP contribution is 2.19. The lowest BCUT2D eigenvalue weighted by atomic mass is 10.1. The van der Waals surface area contributed by atoms with Gasteiger partial charge in [-0.3, -0.25) is 9.48 Å². The van der Waals surface area contributed by atoms with Crippen molar-refractivity contribution in [2.45, 2.75) is 40.7 Å². The minimum atomic E-state index is -0.00394. The zero-order valence-electron chi connectivity index (χ0n) is 13.5. The predicted octanol–water partition coefficient (Wildman–Crippen LogP) is 3.70. The van der Waals surface area contributed by atoms with Crippen LogP contribution in [0.1, 0.15) is 39.3 Å². The Morgan fingerprint density at radius 2 is 2.00 bits per heavy atom. The zero-order valence-corrected chi connectivity index (χ0v) is 15.1. The molecular weight excluding hydrogens is 342 g/mol. The number of hydrogen-bond acceptors (Lipinski definition) is 2. The maximum Gasteiger partial charge on any atom is 0.251 e. The van der Waals surface area contributed by atoms with Crippen LogP contribution in [0.15, 0.2) is 22.7 Å². The fraction of sp³-hybridized carbons (Fsp3) is 0.412. The molecule has 1 heterocycles. The topological polar surface area (TPSA) is 46.9 Å². The molecule has 0 spiro atoms. The highest BCUT2D eigenvalue weighted by molar-refractivity contribution is 9.10. The van der Waals surface area contributed by atoms with Crippen molar-refractivity contribution in [3.8, 4) is 0 Å². The fourth-order valence-electron chi connectivity index (χ4n) is 2.40. The van der Waals surface area contributed by atoms with Crippen LogP contribution in [0.3, 0.4) is 0 Å². The number of nitrogens with zero attached hydrogens (tertiary/aromatic N) is 2. The Morgan fingerprint density at radius 1 is 1.27 bits per heavy atom. The van der Waals surface area contributed by atoms with Crippen molar-refractivity contribution in [1.82, 2.24) is 15.1 Å². The minimum Gasteiger partial charge on any atom is -0.352 e. The maximum atomic E-state index is 12.2. The number of halogens is 1. The number of aryl methyl sites for hydroxylation is 4. The number of nitrogens with one attached hydrogen (secondary N) is 1. The van der Waals surface area contributed by atoms with Crippen molar-refractivity contribution in [2.75, 3.05) is 6.54 Å². The van der Waals surface area contributed by atoms with E-state index in [1.165, 1.54) is 0 Å². The monoisotopic (exact) mass is 363 g/mol. The predicted molar refractivity (Wildman–Crippen MR) is 92.3 cm³/mol. The Labute approximate surface area is 140 Å². The van der Waals surface area contributed by atoms with Gasteiger partial charge in [-0.05, 0) is 61.7 Å². The quantitative estimate of drug-likeness (QED) is 0.823. The van der Waals surface area contributed by atoms with E-state index in [2.05, 4.69) is 26.3 Å². The Morgan fingerprint density at radius 3 is 2.64 bits per heavy atom. The first-order valence-corrected chi connectivity index (χ1v) is 8.24. The second-order valence-corrected chi connectivity index (χ2v) is 6.43. The van der Waals surface area contributed by atoms with Gasteiger partial charge < -0.3 is 5.32 Å². The Hall–Kier alpha value is -1.62. The summed E-state index contributed by atoms with van der Waals surface area (Å²) in [5.74, 6) is -0.00394. The van der Waals surface area contributed by atoms with E-state index in [-0.39, 0.29) is 5.91 Å². The summed E-state index contributed by atoms with van der Waals surface area (Å²) in [6.45, 7) is 9.42. The van der Waals surface area contributed by atoms with E-state index in [9.17, 15) is 4.79 Å². The molecule has 2 rings (SSSR count). The molecule has 0 bridgehead atoms. The van der Waals surface area contributed by atoms with Crippen molar-refractivity contribution in [2.24, 2.45) is 0 Å². The summed E-state index contributed by atoms with van der Waals surface area (Å²) in [5, 5.41) is 7.45. The minimum absolute atomic E-state index is 0.00394. The van der Waals surface area contributed by atoms with E-state index in [4.69, 9.17) is 0 Å². The summed E-state index contributed by atoms with van der Waals surface area (Å²) < 4.78 is 3.04. The summed E-state index contributed by atoms with van der Waals surface area (Å²) >= 11 is 3.52. The van der Waals surface area contributed by atoms with E-state index in [1.54, 1.807) is 0 Å². The third-order valence-corrected chi connectivity index (χ3v) is 4.91. The summed E-state index contributed by atoms with van der Waals surface area (Å²) in [4.78, 5) is 12.2. The highest BCUT2D eigenvalue weighted by atomic mass is 79.9. The van der Waals surface area contributed by atoms with Gasteiger partial charge in [0, 0.05) is 24.3 Å². The van der Waals surface area contributed by atoms with Gasteiger partial charge in [-0.25, -0.2) is 0 Å². The van der Waals surface area contributed by atoms with Crippen molar-refractivity contribution in [3.05, 3.63) is 50.8 Å². The summed E-state index contributed by atoms with van der Waals surface area (Å²) in [5.41, 5.74) is 4.98. The van der Waals surface area contributed by atoms with Crippen molar-refractivity contribution in [1.29, 1.82) is 0 Å². The zero-order chi connectivity index (χ0) is 16.3. The van der Waals surface area contributed by atoms with Gasteiger partial charge in [0.2, 0.25) is 0 Å². The molecule has 1 amide bonds. The van der Waals surface area contributed by atoms with Gasteiger partial charge in [0.15, 0.2) is 0 Å². The van der Waals surface area contributed by atoms with Gasteiger partial charge in [0.05, 0.1) is 10.2 Å². The van der Waals surface area contributed by atoms with Crippen LogP contribution in [0.5, 0.6) is 0 Å². The standard InChI is InChI=1S/C17H22BrN3O/c1-11-6-7-12(2)15(10-11)17(22)19-8-5-9-21-14(4)16(18)13(3)20-21/h6-7,10H,5,8-9H2,1-4H3,(H,19,22). The largest absolute Gasteiger partial charge is 0.352 e. The molecule has 0 aliphatic heterocycles. The molecule has 0 unspecified atom stereocenters. The lowest BCUT2D eigenvalue weighted by molar-refractivity contribution is 0.0952. The average Bonchev–Trinajstić information content (AvgIpc) is 2.73. The van der Waals surface area contributed by atoms with Gasteiger partial charge in [-0.15, -0.1) is 0 Å². The van der Waals surface area contributed by atoms with Gasteiger partial charge in [0.25, 0.3) is 5.91 Å². The Bertz CT molecular complexity index is 691. The molecule has 0 saturated carbocycles. The molecule has 0 aliphatic carbocycles. The molecule has 1 N–H and O–H groups in total. The number of rotatable bonds is 5. The van der Waals surface area contributed by atoms with E-state index >= 15 is 0 Å². The molecule has 1 aromatic carbocycles. The summed E-state index contributed by atoms with van der Waals surface area (Å²) in [7, 11) is 0. The first-order valence-electron chi connectivity index (χ1n) is 7.45. The molecule has 118 valence electrons. The number of aromatic nitrogens is 2. The van der Waals surface area contributed by atoms with Crippen LogP contribution in [-0.4, -0.2) is 22.2 Å². The van der Waals surface area contributed by atoms with Crippen LogP contribution in [0.4, 0.5) is 0 Å². The van der Waals surface area contributed by atoms with Gasteiger partial charge in [-0.1, -0.05) is 17.7 Å². The number of benzene rings is 1. The second-order valence-electron chi connectivity index (χ2n) is 5.64. The Kier molecular flexibility index (Phi) is 5.40. The molecule has 0 radical (unpaired) electrons. The third kappa shape index (κ3) is 3.77. The van der Waals surface area contributed by atoms with Crippen LogP contribution >= 0.6 is 15.9 Å². The maximum absolute atomic E-state index is 12.2. The molecule has 4 nitrogen and oxygen atoms in total. The molecule has 5 heteroatoms. The molecular formula is C17H22BrN3O. The lowest BCUT2D eigenvalue weighted by Gasteiger charge is -2.09. The molecule has 0 atom stereocenters. The summed E-state index contributed by atoms with van der Waals surface area (Å²) in [6, 6.07) is 5.94. The van der Waals surface area contributed by atoms with Crippen LogP contribution in [0.25, 0.3) is 0 Å². The lowest BCUT2D eigenvalue weighted by Crippen LogP contribution is -2.26. The SMILES string of the molecule is Cc1ccc(C)c(C(=O)NCCCn2nc(C)c(Br)c2C)c1. The fourth-order valence-corrected chi connectivity index (χ4v) is 2.68. The van der Waals surface area contributed by atoms with E-state index in [1.807, 2.05) is 50.6 Å². The average molecular weight is 364 g/mol. The smallest absolute Gasteiger partial charge is 0.251 e. The molecule has 0 fully saturated rings. The third-order valence-electron chi connectivity index (χ3n) is 3.76. The van der Waals surface area contributed by atoms with Gasteiger partial charge in [0.1, 0.15) is 0 Å². The van der Waals surface area contributed by atoms with E-state index < -0.39 is 0 Å². The molecule has 0 aliphatic rings. The highest BCUT2D eigenvalue weighted by Gasteiger charge is 2.10. The number of hydrogen-bond donors (Lipinski definition) is 1. The first kappa shape index (κ1) is 16.7. The second kappa shape index (κ2) is 7.09. The van der Waals surface area contributed by atoms with E-state index in [0.29, 0.717) is 6.54 Å².